The summed E-state index contributed by atoms with van der Waals surface area (Å²) in [6.45, 7) is 16.8. The number of rotatable bonds is 37. The Morgan fingerprint density at radius 2 is 0.741 bits per heavy atom. The van der Waals surface area contributed by atoms with Crippen LogP contribution in [0.1, 0.15) is 247 Å². The van der Waals surface area contributed by atoms with Crippen molar-refractivity contribution in [2.24, 2.45) is 0 Å². The van der Waals surface area contributed by atoms with E-state index in [0.717, 1.165) is 11.0 Å². The molecule has 0 aromatic heterocycles. The summed E-state index contributed by atoms with van der Waals surface area (Å²) in [6.07, 6.45) is 45.3. The van der Waals surface area contributed by atoms with Gasteiger partial charge in [0.05, 0.1) is 26.7 Å². The average molecular weight is 878 g/mol. The van der Waals surface area contributed by atoms with E-state index >= 15 is 0 Å². The van der Waals surface area contributed by atoms with Crippen LogP contribution in [0.25, 0.3) is 0 Å². The van der Waals surface area contributed by atoms with Crippen LogP contribution in [-0.4, -0.2) is 67.7 Å². The summed E-state index contributed by atoms with van der Waals surface area (Å²) in [7, 11) is 2.50. The third-order valence-electron chi connectivity index (χ3n) is 12.3. The summed E-state index contributed by atoms with van der Waals surface area (Å²) < 4.78 is 26.5. The monoisotopic (exact) mass is 878 g/mol. The number of quaternary nitrogens is 1. The maximum absolute atomic E-state index is 6.63. The Kier molecular flexibility index (Phi) is 31.5. The first-order valence-corrected chi connectivity index (χ1v) is 24.1. The molecule has 5 nitrogen and oxygen atoms in total. The molecule has 2 aliphatic rings. The fourth-order valence-electron chi connectivity index (χ4n) is 9.01. The van der Waals surface area contributed by atoms with Gasteiger partial charge in [-0.05, 0) is 53.4 Å². The molecule has 3 atom stereocenters. The van der Waals surface area contributed by atoms with Crippen molar-refractivity contribution >= 4 is 0 Å². The van der Waals surface area contributed by atoms with E-state index in [1.807, 2.05) is 13.8 Å². The standard InChI is InChI=1S/C48H96NO4.HI/c1-8-10-12-14-16-18-20-22-24-26-28-30-32-34-36-38-40-49(7,42-44-46(53-48(5,6)51-44)45-43-50-47(3,4)52-45)41-39-37-35-33-31-29-27-25-23-21-19-17-15-13-11-9-2;/h44-46H,8-43H2,1-7H3;1H/q+1;/p-1/t44-,45-,46+;/m1./s1. The summed E-state index contributed by atoms with van der Waals surface area (Å²) in [5.74, 6) is -1.14. The van der Waals surface area contributed by atoms with Crippen molar-refractivity contribution in [1.82, 2.24) is 0 Å². The molecule has 0 aromatic rings. The van der Waals surface area contributed by atoms with Crippen LogP contribution in [0.4, 0.5) is 0 Å². The van der Waals surface area contributed by atoms with Crippen LogP contribution >= 0.6 is 0 Å². The molecule has 0 radical (unpaired) electrons. The number of hydrogen-bond donors (Lipinski definition) is 0. The molecule has 0 aromatic carbocycles. The summed E-state index contributed by atoms with van der Waals surface area (Å²) in [4.78, 5) is 0. The molecular weight excluding hydrogens is 781 g/mol. The zero-order chi connectivity index (χ0) is 38.5. The fraction of sp³-hybridized carbons (Fsp3) is 1.00. The van der Waals surface area contributed by atoms with Crippen LogP contribution in [-0.2, 0) is 18.9 Å². The maximum atomic E-state index is 6.63. The molecule has 0 N–H and O–H groups in total. The molecule has 0 bridgehead atoms. The Hall–Kier alpha value is 0.530. The summed E-state index contributed by atoms with van der Waals surface area (Å²) in [5.41, 5.74) is 0. The highest BCUT2D eigenvalue weighted by atomic mass is 127. The number of nitrogens with zero attached hydrogens (tertiary/aromatic N) is 1. The first-order chi connectivity index (χ1) is 25.6. The molecule has 0 spiro atoms. The van der Waals surface area contributed by atoms with E-state index in [1.165, 1.54) is 219 Å². The number of likely N-dealkylation sites (N-methyl/N-ethyl adjacent to an activating group) is 1. The van der Waals surface area contributed by atoms with Gasteiger partial charge in [-0.15, -0.1) is 0 Å². The molecule has 0 amide bonds. The van der Waals surface area contributed by atoms with Crippen molar-refractivity contribution in [3.63, 3.8) is 0 Å². The van der Waals surface area contributed by atoms with Gasteiger partial charge in [0.15, 0.2) is 11.6 Å². The van der Waals surface area contributed by atoms with Gasteiger partial charge in [0.1, 0.15) is 24.9 Å². The highest BCUT2D eigenvalue weighted by Gasteiger charge is 2.51. The van der Waals surface area contributed by atoms with E-state index in [-0.39, 0.29) is 42.3 Å². The smallest absolute Gasteiger partial charge is 0.164 e. The number of unbranched alkanes of at least 4 members (excludes halogenated alkanes) is 30. The minimum Gasteiger partial charge on any atom is -1.00 e. The zero-order valence-corrected chi connectivity index (χ0v) is 39.8. The van der Waals surface area contributed by atoms with Crippen LogP contribution in [0, 0.1) is 0 Å². The minimum absolute atomic E-state index is 0. The zero-order valence-electron chi connectivity index (χ0n) is 37.6. The molecule has 324 valence electrons. The lowest BCUT2D eigenvalue weighted by atomic mass is 10.0. The predicted octanol–water partition coefficient (Wildman–Crippen LogP) is 11.6. The second-order valence-electron chi connectivity index (χ2n) is 18.9. The van der Waals surface area contributed by atoms with Crippen LogP contribution in [0.5, 0.6) is 0 Å². The van der Waals surface area contributed by atoms with E-state index in [2.05, 4.69) is 34.7 Å². The predicted molar refractivity (Wildman–Crippen MR) is 229 cm³/mol. The second-order valence-corrected chi connectivity index (χ2v) is 18.9. The van der Waals surface area contributed by atoms with E-state index in [9.17, 15) is 0 Å². The van der Waals surface area contributed by atoms with Gasteiger partial charge < -0.3 is 47.4 Å². The first kappa shape index (κ1) is 52.5. The normalized spacial score (nSPS) is 20.8. The third-order valence-corrected chi connectivity index (χ3v) is 12.3. The van der Waals surface area contributed by atoms with Crippen molar-refractivity contribution in [3.05, 3.63) is 0 Å². The largest absolute Gasteiger partial charge is 1.00 e. The van der Waals surface area contributed by atoms with Gasteiger partial charge in [-0.1, -0.05) is 194 Å². The highest BCUT2D eigenvalue weighted by molar-refractivity contribution is 4.90. The lowest BCUT2D eigenvalue weighted by Gasteiger charge is -2.38. The van der Waals surface area contributed by atoms with Crippen molar-refractivity contribution in [2.75, 3.05) is 33.3 Å². The van der Waals surface area contributed by atoms with Crippen LogP contribution in [0.15, 0.2) is 0 Å². The van der Waals surface area contributed by atoms with E-state index in [1.54, 1.807) is 0 Å². The van der Waals surface area contributed by atoms with E-state index in [0.29, 0.717) is 6.61 Å². The molecule has 0 saturated carbocycles. The molecule has 2 heterocycles. The van der Waals surface area contributed by atoms with Crippen LogP contribution in [0.2, 0.25) is 0 Å². The Morgan fingerprint density at radius 3 is 1.04 bits per heavy atom. The van der Waals surface area contributed by atoms with Crippen molar-refractivity contribution < 1.29 is 47.4 Å². The van der Waals surface area contributed by atoms with Gasteiger partial charge in [-0.3, -0.25) is 0 Å². The van der Waals surface area contributed by atoms with Crippen LogP contribution in [0.3, 0.4) is 0 Å². The summed E-state index contributed by atoms with van der Waals surface area (Å²) >= 11 is 0. The first-order valence-electron chi connectivity index (χ1n) is 24.1. The SMILES string of the molecule is CCCCCCCCCCCCCCCCCC[N+](C)(CCCCCCCCCCCCCCCCCC)C[C@H]1OC(C)(C)O[C@@H]1[C@H]1COC(C)(C)O1.[I-]. The second kappa shape index (κ2) is 32.4. The van der Waals surface area contributed by atoms with Crippen molar-refractivity contribution in [3.8, 4) is 0 Å². The summed E-state index contributed by atoms with van der Waals surface area (Å²) in [6, 6.07) is 0. The van der Waals surface area contributed by atoms with E-state index < -0.39 is 11.6 Å². The molecule has 0 unspecified atom stereocenters. The van der Waals surface area contributed by atoms with Gasteiger partial charge in [-0.25, -0.2) is 0 Å². The third kappa shape index (κ3) is 26.5. The summed E-state index contributed by atoms with van der Waals surface area (Å²) in [5, 5.41) is 0. The van der Waals surface area contributed by atoms with Gasteiger partial charge >= 0.3 is 0 Å². The topological polar surface area (TPSA) is 36.9 Å². The average Bonchev–Trinajstić information content (AvgIpc) is 3.63. The lowest BCUT2D eigenvalue weighted by molar-refractivity contribution is -0.913. The molecular formula is C48H96INO4. The quantitative estimate of drug-likeness (QED) is 0.0354. The van der Waals surface area contributed by atoms with Crippen molar-refractivity contribution in [2.45, 2.75) is 277 Å². The minimum atomic E-state index is -0.585. The maximum Gasteiger partial charge on any atom is 0.164 e. The molecule has 2 fully saturated rings. The molecule has 54 heavy (non-hydrogen) atoms. The number of halogens is 1. The van der Waals surface area contributed by atoms with Gasteiger partial charge in [0.25, 0.3) is 0 Å². The Morgan fingerprint density at radius 1 is 0.426 bits per heavy atom. The molecule has 2 rings (SSSR count). The van der Waals surface area contributed by atoms with Gasteiger partial charge in [-0.2, -0.15) is 0 Å². The lowest BCUT2D eigenvalue weighted by Crippen LogP contribution is -3.00. The Bertz CT molecular complexity index is 802. The van der Waals surface area contributed by atoms with Gasteiger partial charge in [0.2, 0.25) is 0 Å². The van der Waals surface area contributed by atoms with Crippen LogP contribution < -0.4 is 24.0 Å². The molecule has 2 saturated heterocycles. The Labute approximate surface area is 355 Å². The molecule has 6 heteroatoms. The number of hydrogen-bond acceptors (Lipinski definition) is 4. The number of ether oxygens (including phenoxy) is 4. The molecule has 0 aliphatic carbocycles. The van der Waals surface area contributed by atoms with Gasteiger partial charge in [0, 0.05) is 0 Å². The molecule has 2 aliphatic heterocycles. The highest BCUT2D eigenvalue weighted by Crippen LogP contribution is 2.37. The van der Waals surface area contributed by atoms with Crippen molar-refractivity contribution in [1.29, 1.82) is 0 Å². The van der Waals surface area contributed by atoms with E-state index in [4.69, 9.17) is 18.9 Å². The Balaban J connectivity index is 0.0000146. The fourth-order valence-corrected chi connectivity index (χ4v) is 9.01.